The SMILES string of the molecule is CC(C)(C)OC(=O)N1CCN2C(C1)CN(Cc1ccc(Cl)cc1)S2(=O)=O. The molecule has 1 amide bonds. The molecule has 2 saturated heterocycles. The average Bonchev–Trinajstić information content (AvgIpc) is 2.78. The summed E-state index contributed by atoms with van der Waals surface area (Å²) in [6.07, 6.45) is -0.398. The van der Waals surface area contributed by atoms with Gasteiger partial charge in [0.2, 0.25) is 0 Å². The predicted octanol–water partition coefficient (Wildman–Crippen LogP) is 2.32. The van der Waals surface area contributed by atoms with E-state index in [0.717, 1.165) is 5.56 Å². The minimum atomic E-state index is -3.53. The molecule has 0 aromatic heterocycles. The van der Waals surface area contributed by atoms with Gasteiger partial charge in [-0.3, -0.25) is 0 Å². The normalized spacial score (nSPS) is 23.7. The Bertz CT molecular complexity index is 776. The number of nitrogens with zero attached hydrogens (tertiary/aromatic N) is 3. The monoisotopic (exact) mass is 401 g/mol. The van der Waals surface area contributed by atoms with E-state index in [1.807, 2.05) is 32.9 Å². The third-order valence-electron chi connectivity index (χ3n) is 4.39. The number of halogens is 1. The summed E-state index contributed by atoms with van der Waals surface area (Å²) in [5, 5.41) is 0.614. The lowest BCUT2D eigenvalue weighted by Gasteiger charge is -2.36. The number of hydrogen-bond acceptors (Lipinski definition) is 4. The fourth-order valence-electron chi connectivity index (χ4n) is 3.20. The van der Waals surface area contributed by atoms with Crippen LogP contribution in [0.2, 0.25) is 5.02 Å². The smallest absolute Gasteiger partial charge is 0.410 e. The first kappa shape index (κ1) is 19.4. The Kier molecular flexibility index (Phi) is 5.22. The molecule has 0 aliphatic carbocycles. The molecule has 2 aliphatic heterocycles. The van der Waals surface area contributed by atoms with Crippen molar-refractivity contribution >= 4 is 27.9 Å². The van der Waals surface area contributed by atoms with Crippen molar-refractivity contribution in [2.24, 2.45) is 0 Å². The quantitative estimate of drug-likeness (QED) is 0.762. The number of benzene rings is 1. The van der Waals surface area contributed by atoms with Crippen LogP contribution in [0, 0.1) is 0 Å². The zero-order valence-corrected chi connectivity index (χ0v) is 16.8. The van der Waals surface area contributed by atoms with Gasteiger partial charge >= 0.3 is 6.09 Å². The van der Waals surface area contributed by atoms with E-state index >= 15 is 0 Å². The van der Waals surface area contributed by atoms with E-state index < -0.39 is 21.9 Å². The molecule has 9 heteroatoms. The number of ether oxygens (including phenoxy) is 1. The van der Waals surface area contributed by atoms with Gasteiger partial charge in [-0.2, -0.15) is 17.0 Å². The molecule has 2 heterocycles. The topological polar surface area (TPSA) is 70.2 Å². The van der Waals surface area contributed by atoms with Gasteiger partial charge in [-0.15, -0.1) is 0 Å². The summed E-state index contributed by atoms with van der Waals surface area (Å²) >= 11 is 5.89. The van der Waals surface area contributed by atoms with Crippen LogP contribution < -0.4 is 0 Å². The molecule has 1 atom stereocenters. The lowest BCUT2D eigenvalue weighted by molar-refractivity contribution is 0.0145. The maximum absolute atomic E-state index is 12.8. The van der Waals surface area contributed by atoms with Crippen molar-refractivity contribution in [3.05, 3.63) is 34.9 Å². The Morgan fingerprint density at radius 3 is 2.46 bits per heavy atom. The Morgan fingerprint density at radius 1 is 1.19 bits per heavy atom. The van der Waals surface area contributed by atoms with Gasteiger partial charge < -0.3 is 9.64 Å². The zero-order chi connectivity index (χ0) is 19.1. The van der Waals surface area contributed by atoms with Crippen molar-refractivity contribution < 1.29 is 17.9 Å². The van der Waals surface area contributed by atoms with Crippen molar-refractivity contribution in [2.75, 3.05) is 26.2 Å². The molecule has 2 aliphatic rings. The van der Waals surface area contributed by atoms with Crippen LogP contribution in [-0.2, 0) is 21.5 Å². The predicted molar refractivity (Wildman–Crippen MR) is 99.1 cm³/mol. The highest BCUT2D eigenvalue weighted by molar-refractivity contribution is 7.87. The maximum atomic E-state index is 12.8. The third-order valence-corrected chi connectivity index (χ3v) is 6.65. The minimum absolute atomic E-state index is 0.256. The van der Waals surface area contributed by atoms with Gasteiger partial charge in [-0.25, -0.2) is 4.79 Å². The number of carbonyl (C=O) groups excluding carboxylic acids is 1. The minimum Gasteiger partial charge on any atom is -0.444 e. The van der Waals surface area contributed by atoms with E-state index in [2.05, 4.69) is 0 Å². The number of amides is 1. The molecule has 1 unspecified atom stereocenters. The van der Waals surface area contributed by atoms with Crippen LogP contribution in [-0.4, -0.2) is 65.8 Å². The van der Waals surface area contributed by atoms with Crippen LogP contribution in [0.15, 0.2) is 24.3 Å². The standard InChI is InChI=1S/C17H24ClN3O4S/c1-17(2,3)25-16(22)19-8-9-21-15(11-19)12-20(26(21,23)24)10-13-4-6-14(18)7-5-13/h4-7,15H,8-12H2,1-3H3. The van der Waals surface area contributed by atoms with Crippen LogP contribution in [0.5, 0.6) is 0 Å². The summed E-state index contributed by atoms with van der Waals surface area (Å²) in [7, 11) is -3.53. The molecule has 0 spiro atoms. The zero-order valence-electron chi connectivity index (χ0n) is 15.2. The van der Waals surface area contributed by atoms with E-state index in [-0.39, 0.29) is 12.6 Å². The lowest BCUT2D eigenvalue weighted by atomic mass is 10.2. The van der Waals surface area contributed by atoms with Gasteiger partial charge in [-0.05, 0) is 38.5 Å². The summed E-state index contributed by atoms with van der Waals surface area (Å²) in [5.41, 5.74) is 0.304. The van der Waals surface area contributed by atoms with E-state index in [1.165, 1.54) is 8.61 Å². The van der Waals surface area contributed by atoms with Crippen LogP contribution in [0.4, 0.5) is 4.79 Å². The molecule has 1 aromatic rings. The molecule has 1 aromatic carbocycles. The summed E-state index contributed by atoms with van der Waals surface area (Å²) in [6.45, 7) is 7.04. The molecule has 7 nitrogen and oxygen atoms in total. The highest BCUT2D eigenvalue weighted by Crippen LogP contribution is 2.28. The number of hydrogen-bond donors (Lipinski definition) is 0. The second-order valence-corrected chi connectivity index (χ2v) is 9.94. The highest BCUT2D eigenvalue weighted by atomic mass is 35.5. The van der Waals surface area contributed by atoms with Crippen molar-refractivity contribution in [1.29, 1.82) is 0 Å². The summed E-state index contributed by atoms with van der Waals surface area (Å²) in [6, 6.07) is 6.88. The van der Waals surface area contributed by atoms with E-state index in [9.17, 15) is 13.2 Å². The van der Waals surface area contributed by atoms with Gasteiger partial charge in [0.05, 0.1) is 6.04 Å². The van der Waals surface area contributed by atoms with Crippen LogP contribution in [0.1, 0.15) is 26.3 Å². The van der Waals surface area contributed by atoms with E-state index in [4.69, 9.17) is 16.3 Å². The molecule has 0 saturated carbocycles. The first-order valence-corrected chi connectivity index (χ1v) is 10.3. The van der Waals surface area contributed by atoms with Crippen molar-refractivity contribution in [1.82, 2.24) is 13.5 Å². The Balaban J connectivity index is 1.69. The van der Waals surface area contributed by atoms with Gasteiger partial charge in [0.15, 0.2) is 0 Å². The molecule has 0 N–H and O–H groups in total. The number of fused-ring (bicyclic) bond motifs is 1. The Labute approximate surface area is 159 Å². The molecule has 0 radical (unpaired) electrons. The van der Waals surface area contributed by atoms with Gasteiger partial charge in [0, 0.05) is 37.7 Å². The highest BCUT2D eigenvalue weighted by Gasteiger charge is 2.47. The summed E-state index contributed by atoms with van der Waals surface area (Å²) in [5.74, 6) is 0. The second-order valence-electron chi connectivity index (χ2n) is 7.62. The van der Waals surface area contributed by atoms with Crippen LogP contribution in [0.3, 0.4) is 0 Å². The maximum Gasteiger partial charge on any atom is 0.410 e. The summed E-state index contributed by atoms with van der Waals surface area (Å²) < 4.78 is 33.9. The molecular weight excluding hydrogens is 378 g/mol. The van der Waals surface area contributed by atoms with E-state index in [0.29, 0.717) is 31.2 Å². The fourth-order valence-corrected chi connectivity index (χ4v) is 5.12. The first-order valence-electron chi connectivity index (χ1n) is 8.55. The van der Waals surface area contributed by atoms with Crippen molar-refractivity contribution in [3.8, 4) is 0 Å². The van der Waals surface area contributed by atoms with Gasteiger partial charge in [-0.1, -0.05) is 23.7 Å². The Hall–Kier alpha value is -1.35. The second kappa shape index (κ2) is 6.99. The molecule has 26 heavy (non-hydrogen) atoms. The molecular formula is C17H24ClN3O4S. The van der Waals surface area contributed by atoms with Crippen molar-refractivity contribution in [3.63, 3.8) is 0 Å². The molecule has 2 fully saturated rings. The number of carbonyl (C=O) groups is 1. The lowest BCUT2D eigenvalue weighted by Crippen LogP contribution is -2.54. The van der Waals surface area contributed by atoms with Crippen LogP contribution >= 0.6 is 11.6 Å². The molecule has 144 valence electrons. The van der Waals surface area contributed by atoms with E-state index in [1.54, 1.807) is 17.0 Å². The fraction of sp³-hybridized carbons (Fsp3) is 0.588. The van der Waals surface area contributed by atoms with Crippen LogP contribution in [0.25, 0.3) is 0 Å². The molecule has 3 rings (SSSR count). The van der Waals surface area contributed by atoms with Crippen molar-refractivity contribution in [2.45, 2.75) is 39.0 Å². The number of rotatable bonds is 2. The van der Waals surface area contributed by atoms with Gasteiger partial charge in [0.1, 0.15) is 5.60 Å². The third kappa shape index (κ3) is 4.14. The average molecular weight is 402 g/mol. The number of piperazine rings is 1. The summed E-state index contributed by atoms with van der Waals surface area (Å²) in [4.78, 5) is 13.9. The molecule has 0 bridgehead atoms. The van der Waals surface area contributed by atoms with Gasteiger partial charge in [0.25, 0.3) is 10.2 Å². The largest absolute Gasteiger partial charge is 0.444 e. The Morgan fingerprint density at radius 2 is 1.85 bits per heavy atom. The first-order chi connectivity index (χ1) is 12.1.